The summed E-state index contributed by atoms with van der Waals surface area (Å²) in [7, 11) is 4.80. The van der Waals surface area contributed by atoms with Gasteiger partial charge in [0.05, 0.1) is 50.0 Å². The lowest BCUT2D eigenvalue weighted by Crippen LogP contribution is -2.34. The van der Waals surface area contributed by atoms with Crippen LogP contribution in [0.25, 0.3) is 32.8 Å². The van der Waals surface area contributed by atoms with Crippen LogP contribution in [0, 0.1) is 6.92 Å². The van der Waals surface area contributed by atoms with Crippen LogP contribution in [0.3, 0.4) is 0 Å². The first-order valence-corrected chi connectivity index (χ1v) is 15.2. The van der Waals surface area contributed by atoms with Gasteiger partial charge in [0.25, 0.3) is 5.56 Å². The molecule has 5 aromatic rings. The van der Waals surface area contributed by atoms with E-state index >= 15 is 0 Å². The summed E-state index contributed by atoms with van der Waals surface area (Å²) in [5.41, 5.74) is 4.30. The minimum atomic E-state index is -0.563. The molecular weight excluding hydrogens is 582 g/mol. The Balaban J connectivity index is 1.67. The maximum absolute atomic E-state index is 14.3. The molecular formula is C37H41N3O6. The van der Waals surface area contributed by atoms with Crippen molar-refractivity contribution < 1.29 is 23.7 Å². The molecule has 9 heteroatoms. The highest BCUT2D eigenvalue weighted by Gasteiger charge is 2.24. The summed E-state index contributed by atoms with van der Waals surface area (Å²) < 4.78 is 24.1. The minimum Gasteiger partial charge on any atom is -0.497 e. The Morgan fingerprint density at radius 3 is 2.22 bits per heavy atom. The molecule has 0 saturated heterocycles. The van der Waals surface area contributed by atoms with Crippen molar-refractivity contribution in [3.63, 3.8) is 0 Å². The molecule has 46 heavy (non-hydrogen) atoms. The molecule has 1 atom stereocenters. The molecule has 0 radical (unpaired) electrons. The highest BCUT2D eigenvalue weighted by molar-refractivity contribution is 6.15. The van der Waals surface area contributed by atoms with E-state index in [9.17, 15) is 9.59 Å². The second kappa shape index (κ2) is 13.1. The molecule has 1 amide bonds. The van der Waals surface area contributed by atoms with Gasteiger partial charge in [0.1, 0.15) is 17.1 Å². The fourth-order valence-corrected chi connectivity index (χ4v) is 5.75. The number of benzene rings is 3. The lowest BCUT2D eigenvalue weighted by molar-refractivity contribution is 0.0525. The van der Waals surface area contributed by atoms with Crippen LogP contribution >= 0.6 is 0 Å². The van der Waals surface area contributed by atoms with Crippen molar-refractivity contribution in [2.45, 2.75) is 52.7 Å². The van der Waals surface area contributed by atoms with E-state index in [0.717, 1.165) is 44.3 Å². The maximum atomic E-state index is 14.3. The van der Waals surface area contributed by atoms with Crippen LogP contribution in [0.15, 0.2) is 71.5 Å². The average Bonchev–Trinajstić information content (AvgIpc) is 3.04. The van der Waals surface area contributed by atoms with E-state index in [1.807, 2.05) is 95.3 Å². The van der Waals surface area contributed by atoms with Gasteiger partial charge >= 0.3 is 6.09 Å². The Bertz CT molecular complexity index is 1940. The van der Waals surface area contributed by atoms with Crippen molar-refractivity contribution in [1.82, 2.24) is 14.9 Å². The zero-order chi connectivity index (χ0) is 33.2. The Hall–Kier alpha value is -5.05. The molecule has 2 aromatic heterocycles. The molecule has 1 N–H and O–H groups in total. The topological polar surface area (TPSA) is 101 Å². The fourth-order valence-electron chi connectivity index (χ4n) is 5.75. The number of aromatic nitrogens is 2. The number of aryl methyl sites for hydroxylation is 1. The maximum Gasteiger partial charge on any atom is 0.407 e. The van der Waals surface area contributed by atoms with E-state index in [1.165, 1.54) is 0 Å². The highest BCUT2D eigenvalue weighted by atomic mass is 16.6. The van der Waals surface area contributed by atoms with Gasteiger partial charge in [0.15, 0.2) is 0 Å². The minimum absolute atomic E-state index is 0.0381. The van der Waals surface area contributed by atoms with Gasteiger partial charge < -0.3 is 28.8 Å². The van der Waals surface area contributed by atoms with E-state index in [1.54, 1.807) is 32.0 Å². The van der Waals surface area contributed by atoms with E-state index in [2.05, 4.69) is 5.32 Å². The summed E-state index contributed by atoms with van der Waals surface area (Å²) in [6.45, 7) is 10.2. The Morgan fingerprint density at radius 1 is 0.913 bits per heavy atom. The largest absolute Gasteiger partial charge is 0.497 e. The van der Waals surface area contributed by atoms with Gasteiger partial charge in [-0.1, -0.05) is 55.5 Å². The van der Waals surface area contributed by atoms with Crippen molar-refractivity contribution in [2.24, 2.45) is 0 Å². The summed E-state index contributed by atoms with van der Waals surface area (Å²) in [6, 6.07) is 21.4. The zero-order valence-corrected chi connectivity index (χ0v) is 27.7. The van der Waals surface area contributed by atoms with Gasteiger partial charge in [-0.05, 0) is 68.5 Å². The van der Waals surface area contributed by atoms with Gasteiger partial charge in [0, 0.05) is 17.3 Å². The molecule has 2 heterocycles. The van der Waals surface area contributed by atoms with E-state index in [0.29, 0.717) is 35.8 Å². The molecule has 0 saturated carbocycles. The van der Waals surface area contributed by atoms with Crippen molar-refractivity contribution in [3.05, 3.63) is 93.9 Å². The predicted molar refractivity (Wildman–Crippen MR) is 182 cm³/mol. The number of amides is 1. The third kappa shape index (κ3) is 6.49. The average molecular weight is 624 g/mol. The number of fused-ring (bicyclic) bond motifs is 3. The van der Waals surface area contributed by atoms with Crippen LogP contribution in [0.2, 0.25) is 0 Å². The molecule has 0 fully saturated rings. The smallest absolute Gasteiger partial charge is 0.407 e. The number of hydrogen-bond acceptors (Lipinski definition) is 7. The van der Waals surface area contributed by atoms with Crippen LogP contribution in [0.5, 0.6) is 17.4 Å². The number of nitrogens with one attached hydrogen (secondary N) is 1. The molecule has 0 bridgehead atoms. The zero-order valence-electron chi connectivity index (χ0n) is 27.7. The van der Waals surface area contributed by atoms with Crippen LogP contribution in [-0.2, 0) is 11.3 Å². The van der Waals surface area contributed by atoms with E-state index < -0.39 is 11.7 Å². The summed E-state index contributed by atoms with van der Waals surface area (Å²) in [6.07, 6.45) is -0.444. The SMILES string of the molecule is COc1ccc(Cn2c(=O)c3c(OC)cccc3c3c(-c4ccc(C(C)CNC(=O)OC(C)(C)C)cc4)c(OC)nc(C)c32)cc1. The third-order valence-corrected chi connectivity index (χ3v) is 7.97. The van der Waals surface area contributed by atoms with E-state index in [4.69, 9.17) is 23.9 Å². The quantitative estimate of drug-likeness (QED) is 0.173. The monoisotopic (exact) mass is 623 g/mol. The van der Waals surface area contributed by atoms with Crippen LogP contribution in [0.1, 0.15) is 50.4 Å². The standard InChI is InChI=1S/C37H41N3O6/c1-22(20-38-36(42)46-37(3,4)5)25-14-16-26(17-15-25)30-32-28-10-9-11-29(44-7)31(28)35(41)40(33(32)23(2)39-34(30)45-8)21-24-12-18-27(43-6)19-13-24/h9-19,22H,20-21H2,1-8H3,(H,38,42). The molecule has 5 rings (SSSR count). The molecule has 3 aromatic carbocycles. The fraction of sp³-hybridized carbons (Fsp3) is 0.324. The molecule has 240 valence electrons. The molecule has 0 aliphatic carbocycles. The predicted octanol–water partition coefficient (Wildman–Crippen LogP) is 7.23. The first-order valence-electron chi connectivity index (χ1n) is 15.2. The van der Waals surface area contributed by atoms with Crippen molar-refractivity contribution in [3.8, 4) is 28.5 Å². The van der Waals surface area contributed by atoms with Crippen LogP contribution in [0.4, 0.5) is 4.79 Å². The number of rotatable bonds is 9. The first kappa shape index (κ1) is 32.3. The first-order chi connectivity index (χ1) is 21.9. The second-order valence-electron chi connectivity index (χ2n) is 12.3. The van der Waals surface area contributed by atoms with Crippen molar-refractivity contribution in [1.29, 1.82) is 0 Å². The highest BCUT2D eigenvalue weighted by Crippen LogP contribution is 2.41. The number of methoxy groups -OCH3 is 3. The molecule has 0 aliphatic rings. The Kier molecular flexibility index (Phi) is 9.23. The summed E-state index contributed by atoms with van der Waals surface area (Å²) in [5.74, 6) is 1.73. The molecule has 1 unspecified atom stereocenters. The second-order valence-corrected chi connectivity index (χ2v) is 12.3. The number of nitrogens with zero attached hydrogens (tertiary/aromatic N) is 2. The summed E-state index contributed by atoms with van der Waals surface area (Å²) >= 11 is 0. The normalized spacial score (nSPS) is 12.2. The lowest BCUT2D eigenvalue weighted by Gasteiger charge is -2.21. The number of alkyl carbamates (subject to hydrolysis) is 1. The molecule has 0 spiro atoms. The van der Waals surface area contributed by atoms with Gasteiger partial charge in [-0.15, -0.1) is 0 Å². The van der Waals surface area contributed by atoms with Gasteiger partial charge in [0.2, 0.25) is 5.88 Å². The summed E-state index contributed by atoms with van der Waals surface area (Å²) in [5, 5.41) is 4.94. The van der Waals surface area contributed by atoms with Gasteiger partial charge in [-0.25, -0.2) is 9.78 Å². The van der Waals surface area contributed by atoms with Crippen molar-refractivity contribution in [2.75, 3.05) is 27.9 Å². The van der Waals surface area contributed by atoms with Gasteiger partial charge in [-0.2, -0.15) is 0 Å². The Morgan fingerprint density at radius 2 is 1.61 bits per heavy atom. The van der Waals surface area contributed by atoms with Crippen LogP contribution in [-0.4, -0.2) is 49.1 Å². The number of pyridine rings is 2. The lowest BCUT2D eigenvalue weighted by atomic mass is 9.93. The molecule has 9 nitrogen and oxygen atoms in total. The number of carbonyl (C=O) groups is 1. The number of ether oxygens (including phenoxy) is 4. The van der Waals surface area contributed by atoms with Crippen LogP contribution < -0.4 is 25.1 Å². The van der Waals surface area contributed by atoms with Crippen molar-refractivity contribution >= 4 is 27.8 Å². The third-order valence-electron chi connectivity index (χ3n) is 7.97. The molecule has 0 aliphatic heterocycles. The van der Waals surface area contributed by atoms with Gasteiger partial charge in [-0.3, -0.25) is 4.79 Å². The Labute approximate surface area is 269 Å². The van der Waals surface area contributed by atoms with E-state index in [-0.39, 0.29) is 11.5 Å². The number of carbonyl (C=O) groups excluding carboxylic acids is 1. The summed E-state index contributed by atoms with van der Waals surface area (Å²) in [4.78, 5) is 31.3. The number of hydrogen-bond donors (Lipinski definition) is 1.